The van der Waals surface area contributed by atoms with Crippen molar-refractivity contribution in [2.45, 2.75) is 25.3 Å². The number of anilines is 1. The lowest BCUT2D eigenvalue weighted by atomic mass is 9.95. The van der Waals surface area contributed by atoms with Crippen molar-refractivity contribution in [2.75, 3.05) is 18.8 Å². The zero-order chi connectivity index (χ0) is 18.8. The van der Waals surface area contributed by atoms with Crippen molar-refractivity contribution in [3.05, 3.63) is 54.3 Å². The molecule has 2 N–H and O–H groups in total. The number of hydrogen-bond acceptors (Lipinski definition) is 6. The van der Waals surface area contributed by atoms with Crippen molar-refractivity contribution in [3.8, 4) is 0 Å². The van der Waals surface area contributed by atoms with Crippen molar-refractivity contribution in [3.63, 3.8) is 0 Å². The molecule has 27 heavy (non-hydrogen) atoms. The van der Waals surface area contributed by atoms with Crippen LogP contribution >= 0.6 is 0 Å². The maximum Gasteiger partial charge on any atom is 0.255 e. The number of nitrogens with two attached hydrogens (primary N) is 1. The zero-order valence-electron chi connectivity index (χ0n) is 15.2. The van der Waals surface area contributed by atoms with Crippen LogP contribution in [0.4, 0.5) is 5.82 Å². The molecule has 1 aliphatic heterocycles. The summed E-state index contributed by atoms with van der Waals surface area (Å²) < 4.78 is 4.03. The number of rotatable bonds is 4. The Balaban J connectivity index is 1.40. The number of aromatic nitrogens is 6. The Morgan fingerprint density at radius 1 is 1.26 bits per heavy atom. The summed E-state index contributed by atoms with van der Waals surface area (Å²) in [6.45, 7) is 2.03. The molecule has 0 radical (unpaired) electrons. The topological polar surface area (TPSA) is 108 Å². The first-order valence-electron chi connectivity index (χ1n) is 8.96. The van der Waals surface area contributed by atoms with Gasteiger partial charge in [0.25, 0.3) is 5.91 Å². The van der Waals surface area contributed by atoms with Gasteiger partial charge < -0.3 is 19.8 Å². The second-order valence-electron chi connectivity index (χ2n) is 6.81. The number of nitrogen functional groups attached to an aromatic ring is 1. The van der Waals surface area contributed by atoms with Gasteiger partial charge in [-0.05, 0) is 25.0 Å². The SMILES string of the molecule is Cn1c(Cn2ccnc2)nnc1C1CCN(C(=O)c2ccc(N)nc2)CC1. The van der Waals surface area contributed by atoms with Gasteiger partial charge in [0, 0.05) is 44.6 Å². The van der Waals surface area contributed by atoms with Crippen LogP contribution in [0, 0.1) is 0 Å². The van der Waals surface area contributed by atoms with Crippen LogP contribution in [0.15, 0.2) is 37.1 Å². The number of carbonyl (C=O) groups excluding carboxylic acids is 1. The molecular formula is C18H22N8O. The summed E-state index contributed by atoms with van der Waals surface area (Å²) >= 11 is 0. The minimum Gasteiger partial charge on any atom is -0.384 e. The average Bonchev–Trinajstić information content (AvgIpc) is 3.33. The van der Waals surface area contributed by atoms with Gasteiger partial charge in [0.15, 0.2) is 5.82 Å². The van der Waals surface area contributed by atoms with Gasteiger partial charge in [0.2, 0.25) is 0 Å². The fourth-order valence-corrected chi connectivity index (χ4v) is 3.47. The van der Waals surface area contributed by atoms with Gasteiger partial charge in [0.1, 0.15) is 11.6 Å². The molecular weight excluding hydrogens is 344 g/mol. The molecule has 0 atom stereocenters. The third-order valence-corrected chi connectivity index (χ3v) is 5.06. The summed E-state index contributed by atoms with van der Waals surface area (Å²) in [4.78, 5) is 22.5. The van der Waals surface area contributed by atoms with Crippen molar-refractivity contribution < 1.29 is 4.79 Å². The van der Waals surface area contributed by atoms with Gasteiger partial charge in [-0.1, -0.05) is 0 Å². The summed E-state index contributed by atoms with van der Waals surface area (Å²) in [5.74, 6) is 2.59. The monoisotopic (exact) mass is 366 g/mol. The van der Waals surface area contributed by atoms with Crippen molar-refractivity contribution >= 4 is 11.7 Å². The zero-order valence-corrected chi connectivity index (χ0v) is 15.2. The first-order valence-corrected chi connectivity index (χ1v) is 8.96. The number of piperidine rings is 1. The standard InChI is InChI=1S/C18H22N8O/c1-24-16(11-25-9-6-20-12-25)22-23-17(24)13-4-7-26(8-5-13)18(27)14-2-3-15(19)21-10-14/h2-3,6,9-10,12-13H,4-5,7-8,11H2,1H3,(H2,19,21). The summed E-state index contributed by atoms with van der Waals surface area (Å²) in [5.41, 5.74) is 6.16. The van der Waals surface area contributed by atoms with E-state index in [1.165, 1.54) is 6.20 Å². The highest BCUT2D eigenvalue weighted by atomic mass is 16.2. The summed E-state index contributed by atoms with van der Waals surface area (Å²) in [7, 11) is 2.00. The highest BCUT2D eigenvalue weighted by Crippen LogP contribution is 2.27. The molecule has 1 saturated heterocycles. The normalized spacial score (nSPS) is 15.2. The summed E-state index contributed by atoms with van der Waals surface area (Å²) in [6, 6.07) is 3.38. The van der Waals surface area contributed by atoms with E-state index in [9.17, 15) is 4.79 Å². The Kier molecular flexibility index (Phi) is 4.57. The number of hydrogen-bond donors (Lipinski definition) is 1. The molecule has 0 aromatic carbocycles. The summed E-state index contributed by atoms with van der Waals surface area (Å²) in [6.07, 6.45) is 8.70. The van der Waals surface area contributed by atoms with Crippen LogP contribution in [0.2, 0.25) is 0 Å². The van der Waals surface area contributed by atoms with E-state index in [2.05, 4.69) is 24.7 Å². The second kappa shape index (κ2) is 7.18. The lowest BCUT2D eigenvalue weighted by Gasteiger charge is -2.31. The third kappa shape index (κ3) is 3.53. The van der Waals surface area contributed by atoms with Gasteiger partial charge in [-0.15, -0.1) is 10.2 Å². The first-order chi connectivity index (χ1) is 13.1. The molecule has 0 saturated carbocycles. The van der Waals surface area contributed by atoms with Crippen molar-refractivity contribution in [1.82, 2.24) is 34.2 Å². The molecule has 0 aliphatic carbocycles. The quantitative estimate of drug-likeness (QED) is 0.740. The smallest absolute Gasteiger partial charge is 0.255 e. The van der Waals surface area contributed by atoms with E-state index in [0.717, 1.165) is 24.5 Å². The Bertz CT molecular complexity index is 908. The highest BCUT2D eigenvalue weighted by molar-refractivity contribution is 5.94. The van der Waals surface area contributed by atoms with Gasteiger partial charge in [-0.3, -0.25) is 4.79 Å². The van der Waals surface area contributed by atoms with Crippen LogP contribution in [0.1, 0.15) is 40.8 Å². The predicted molar refractivity (Wildman–Crippen MR) is 98.9 cm³/mol. The largest absolute Gasteiger partial charge is 0.384 e. The molecule has 1 amide bonds. The number of carbonyl (C=O) groups is 1. The van der Waals surface area contributed by atoms with Gasteiger partial charge in [-0.2, -0.15) is 0 Å². The van der Waals surface area contributed by atoms with Crippen molar-refractivity contribution in [2.24, 2.45) is 7.05 Å². The van der Waals surface area contributed by atoms with Crippen LogP contribution in [0.3, 0.4) is 0 Å². The Labute approximate surface area is 156 Å². The van der Waals surface area contributed by atoms with Crippen LogP contribution in [-0.4, -0.2) is 53.2 Å². The lowest BCUT2D eigenvalue weighted by molar-refractivity contribution is 0.0710. The number of nitrogens with zero attached hydrogens (tertiary/aromatic N) is 7. The molecule has 3 aromatic heterocycles. The molecule has 1 aliphatic rings. The van der Waals surface area contributed by atoms with E-state index in [4.69, 9.17) is 5.73 Å². The lowest BCUT2D eigenvalue weighted by Crippen LogP contribution is -2.38. The number of pyridine rings is 1. The van der Waals surface area contributed by atoms with Crippen LogP contribution in [0.25, 0.3) is 0 Å². The minimum absolute atomic E-state index is 0.000267. The van der Waals surface area contributed by atoms with E-state index in [0.29, 0.717) is 36.9 Å². The van der Waals surface area contributed by atoms with Crippen molar-refractivity contribution in [1.29, 1.82) is 0 Å². The second-order valence-corrected chi connectivity index (χ2v) is 6.81. The van der Waals surface area contributed by atoms with E-state index >= 15 is 0 Å². The molecule has 3 aromatic rings. The van der Waals surface area contributed by atoms with E-state index in [1.54, 1.807) is 24.7 Å². The Morgan fingerprint density at radius 2 is 2.07 bits per heavy atom. The third-order valence-electron chi connectivity index (χ3n) is 5.06. The number of amides is 1. The van der Waals surface area contributed by atoms with Crippen LogP contribution in [-0.2, 0) is 13.6 Å². The molecule has 9 heteroatoms. The number of likely N-dealkylation sites (tertiary alicyclic amines) is 1. The molecule has 9 nitrogen and oxygen atoms in total. The van der Waals surface area contributed by atoms with Gasteiger partial charge in [0.05, 0.1) is 18.4 Å². The van der Waals surface area contributed by atoms with Gasteiger partial charge >= 0.3 is 0 Å². The Hall–Kier alpha value is -3.23. The Morgan fingerprint density at radius 3 is 2.74 bits per heavy atom. The maximum absolute atomic E-state index is 12.6. The molecule has 4 rings (SSSR count). The van der Waals surface area contributed by atoms with Crippen LogP contribution < -0.4 is 5.73 Å². The predicted octanol–water partition coefficient (Wildman–Crippen LogP) is 1.06. The molecule has 1 fully saturated rings. The maximum atomic E-state index is 12.6. The van der Waals surface area contributed by atoms with E-state index in [1.807, 2.05) is 22.7 Å². The molecule has 0 unspecified atom stereocenters. The minimum atomic E-state index is -0.000267. The van der Waals surface area contributed by atoms with Crippen LogP contribution in [0.5, 0.6) is 0 Å². The van der Waals surface area contributed by atoms with Gasteiger partial charge in [-0.25, -0.2) is 9.97 Å². The highest BCUT2D eigenvalue weighted by Gasteiger charge is 2.28. The fourth-order valence-electron chi connectivity index (χ4n) is 3.47. The first kappa shape index (κ1) is 17.2. The average molecular weight is 366 g/mol. The molecule has 4 heterocycles. The molecule has 140 valence electrons. The molecule has 0 spiro atoms. The van der Waals surface area contributed by atoms with E-state index < -0.39 is 0 Å². The number of imidazole rings is 1. The molecule has 0 bridgehead atoms. The summed E-state index contributed by atoms with van der Waals surface area (Å²) in [5, 5.41) is 8.75. The fraction of sp³-hybridized carbons (Fsp3) is 0.389. The van der Waals surface area contributed by atoms with E-state index in [-0.39, 0.29) is 5.91 Å².